The summed E-state index contributed by atoms with van der Waals surface area (Å²) in [6.07, 6.45) is 3.35. The van der Waals surface area contributed by atoms with E-state index >= 15 is 0 Å². The zero-order valence-electron chi connectivity index (χ0n) is 36.5. The van der Waals surface area contributed by atoms with E-state index in [-0.39, 0.29) is 43.7 Å². The first-order valence-corrected chi connectivity index (χ1v) is 23.4. The number of carbonyl (C=O) groups excluding carboxylic acids is 3. The first kappa shape index (κ1) is 46.6. The van der Waals surface area contributed by atoms with Crippen LogP contribution in [0.5, 0.6) is 5.75 Å². The number of phosphoric ester groups is 1. The van der Waals surface area contributed by atoms with Gasteiger partial charge in [-0.1, -0.05) is 78.3 Å². The van der Waals surface area contributed by atoms with Crippen molar-refractivity contribution >= 4 is 31.5 Å². The zero-order valence-corrected chi connectivity index (χ0v) is 37.4. The molecule has 1 aromatic heterocycles. The van der Waals surface area contributed by atoms with Crippen LogP contribution in [0.1, 0.15) is 102 Å². The Labute approximate surface area is 379 Å². The van der Waals surface area contributed by atoms with E-state index in [1.807, 2.05) is 74.5 Å². The minimum absolute atomic E-state index is 0.0331. The number of phosphoric acid groups is 1. The standard InChI is InChI=1S/C47H51F2N4O12P/c1-30-22-47(65-51-30)20-19-31(2)52-25-40(47)53-24-37(44(55)50-23-34-17-18-36(48)21-38(34)49)42(54)43(41(53)45(52)56)59-29-60-46(57)64-39-16-10-9-15-35(39)28-63-66(58,61-26-32-11-5-3-6-12-32)62-27-33-13-7-4-8-14-33/h3-8,11-14,17-18,21,24,31,35,39-40H,9-10,15-16,19-20,22-23,25-29H2,1-2H3,(H,50,55)/t31-,35-,39-,40+,47-/m0/s1. The number of halogens is 2. The molecule has 4 heterocycles. The van der Waals surface area contributed by atoms with Crippen LogP contribution < -0.4 is 15.5 Å². The number of fused-ring (bicyclic) bond motifs is 5. The fourth-order valence-electron chi connectivity index (χ4n) is 8.91. The maximum Gasteiger partial charge on any atom is 0.511 e. The molecule has 19 heteroatoms. The highest BCUT2D eigenvalue weighted by Crippen LogP contribution is 2.52. The molecular formula is C47H51F2N4O12P. The number of benzene rings is 3. The molecule has 3 aromatic carbocycles. The van der Waals surface area contributed by atoms with Crippen LogP contribution in [0.2, 0.25) is 0 Å². The van der Waals surface area contributed by atoms with Gasteiger partial charge in [0.2, 0.25) is 18.0 Å². The van der Waals surface area contributed by atoms with E-state index in [2.05, 4.69) is 10.5 Å². The third-order valence-corrected chi connectivity index (χ3v) is 13.9. The number of rotatable bonds is 16. The van der Waals surface area contributed by atoms with Gasteiger partial charge >= 0.3 is 14.0 Å². The number of hydrogen-bond donors (Lipinski definition) is 1. The Morgan fingerprint density at radius 3 is 2.30 bits per heavy atom. The van der Waals surface area contributed by atoms with Crippen LogP contribution in [0.25, 0.3) is 0 Å². The predicted octanol–water partition coefficient (Wildman–Crippen LogP) is 8.38. The number of oxime groups is 1. The fourth-order valence-corrected chi connectivity index (χ4v) is 10.1. The smallest absolute Gasteiger partial charge is 0.451 e. The summed E-state index contributed by atoms with van der Waals surface area (Å²) in [5.74, 6) is -4.16. The van der Waals surface area contributed by atoms with Crippen molar-refractivity contribution in [3.63, 3.8) is 0 Å². The van der Waals surface area contributed by atoms with Gasteiger partial charge < -0.3 is 33.8 Å². The lowest BCUT2D eigenvalue weighted by molar-refractivity contribution is -0.0660. The molecule has 16 nitrogen and oxygen atoms in total. The van der Waals surface area contributed by atoms with Gasteiger partial charge in [-0.2, -0.15) is 0 Å². The SMILES string of the molecule is CC1=NO[C@@]2(CC[C@H](C)N3C[C@H]2n2cc(C(=O)NCc4ccc(F)cc4F)c(=O)c(OCOC(=O)O[C@H]4CCCC[C@H]4COP(=O)(OCc4ccccc4)OCc4ccccc4)c2C3=O)C1. The second kappa shape index (κ2) is 20.3. The Morgan fingerprint density at radius 2 is 1.64 bits per heavy atom. The second-order valence-electron chi connectivity index (χ2n) is 17.0. The van der Waals surface area contributed by atoms with Gasteiger partial charge in [-0.15, -0.1) is 0 Å². The molecule has 66 heavy (non-hydrogen) atoms. The van der Waals surface area contributed by atoms with Gasteiger partial charge in [-0.25, -0.2) is 18.1 Å². The van der Waals surface area contributed by atoms with Crippen LogP contribution in [0.4, 0.5) is 13.6 Å². The molecule has 5 atom stereocenters. The molecule has 1 saturated carbocycles. The summed E-state index contributed by atoms with van der Waals surface area (Å²) in [6.45, 7) is 2.39. The molecule has 2 amide bonds. The molecule has 4 aliphatic rings. The summed E-state index contributed by atoms with van der Waals surface area (Å²) < 4.78 is 78.1. The average Bonchev–Trinajstić information content (AvgIpc) is 3.65. The maximum absolute atomic E-state index is 14.5. The van der Waals surface area contributed by atoms with Crippen molar-refractivity contribution in [2.24, 2.45) is 11.1 Å². The summed E-state index contributed by atoms with van der Waals surface area (Å²) in [5, 5.41) is 6.75. The van der Waals surface area contributed by atoms with Crippen molar-refractivity contribution in [3.05, 3.63) is 135 Å². The van der Waals surface area contributed by atoms with E-state index < -0.39 is 91.2 Å². The minimum Gasteiger partial charge on any atom is -0.451 e. The molecule has 1 N–H and O–H groups in total. The summed E-state index contributed by atoms with van der Waals surface area (Å²) in [5.41, 5.74) is -0.354. The van der Waals surface area contributed by atoms with Crippen molar-refractivity contribution in [1.29, 1.82) is 0 Å². The van der Waals surface area contributed by atoms with Gasteiger partial charge in [0.15, 0.2) is 11.3 Å². The Kier molecular flexibility index (Phi) is 14.3. The Balaban J connectivity index is 0.986. The van der Waals surface area contributed by atoms with E-state index in [0.717, 1.165) is 35.7 Å². The van der Waals surface area contributed by atoms with Gasteiger partial charge in [-0.05, 0) is 63.1 Å². The topological polar surface area (TPSA) is 183 Å². The lowest BCUT2D eigenvalue weighted by Crippen LogP contribution is -2.52. The predicted molar refractivity (Wildman–Crippen MR) is 233 cm³/mol. The van der Waals surface area contributed by atoms with Crippen LogP contribution >= 0.6 is 7.82 Å². The first-order valence-electron chi connectivity index (χ1n) is 21.9. The highest BCUT2D eigenvalue weighted by atomic mass is 31.2. The molecule has 3 aliphatic heterocycles. The number of hydrogen-bond acceptors (Lipinski definition) is 13. The van der Waals surface area contributed by atoms with Gasteiger partial charge in [0.25, 0.3) is 11.8 Å². The molecule has 4 aromatic rings. The molecule has 0 unspecified atom stereocenters. The summed E-state index contributed by atoms with van der Waals surface area (Å²) in [7, 11) is -4.14. The number of amides is 2. The fraction of sp³-hybridized carbons (Fsp3) is 0.426. The van der Waals surface area contributed by atoms with Crippen molar-refractivity contribution in [2.45, 2.75) is 102 Å². The van der Waals surface area contributed by atoms with Crippen LogP contribution in [-0.4, -0.2) is 70.8 Å². The van der Waals surface area contributed by atoms with Gasteiger partial charge in [0.05, 0.1) is 31.6 Å². The molecule has 0 radical (unpaired) electrons. The molecular weight excluding hydrogens is 882 g/mol. The number of nitrogens with one attached hydrogen (secondary N) is 1. The van der Waals surface area contributed by atoms with Gasteiger partial charge in [0.1, 0.15) is 23.3 Å². The summed E-state index contributed by atoms with van der Waals surface area (Å²) in [4.78, 5) is 63.4. The molecule has 1 saturated heterocycles. The first-order chi connectivity index (χ1) is 31.8. The van der Waals surface area contributed by atoms with Crippen LogP contribution in [0.3, 0.4) is 0 Å². The molecule has 2 bridgehead atoms. The van der Waals surface area contributed by atoms with E-state index in [4.69, 9.17) is 32.6 Å². The molecule has 1 spiro atoms. The van der Waals surface area contributed by atoms with Gasteiger partial charge in [-0.3, -0.25) is 28.0 Å². The quantitative estimate of drug-likeness (QED) is 0.0645. The van der Waals surface area contributed by atoms with E-state index in [0.29, 0.717) is 38.2 Å². The monoisotopic (exact) mass is 932 g/mol. The number of aromatic nitrogens is 1. The average molecular weight is 933 g/mol. The number of pyridine rings is 1. The lowest BCUT2D eigenvalue weighted by atomic mass is 9.84. The lowest BCUT2D eigenvalue weighted by Gasteiger charge is -2.42. The molecule has 350 valence electrons. The second-order valence-corrected chi connectivity index (χ2v) is 18.7. The highest BCUT2D eigenvalue weighted by molar-refractivity contribution is 7.48. The molecule has 8 rings (SSSR count). The number of nitrogens with zero attached hydrogens (tertiary/aromatic N) is 3. The largest absolute Gasteiger partial charge is 0.511 e. The third kappa shape index (κ3) is 10.5. The Hall–Kier alpha value is -5.94. The molecule has 2 fully saturated rings. The van der Waals surface area contributed by atoms with Crippen LogP contribution in [0.15, 0.2) is 95.0 Å². The molecule has 1 aliphatic carbocycles. The van der Waals surface area contributed by atoms with E-state index in [1.165, 1.54) is 16.8 Å². The minimum atomic E-state index is -4.14. The zero-order chi connectivity index (χ0) is 46.4. The van der Waals surface area contributed by atoms with Gasteiger partial charge in [0, 0.05) is 49.3 Å². The van der Waals surface area contributed by atoms with Crippen molar-refractivity contribution in [1.82, 2.24) is 14.8 Å². The van der Waals surface area contributed by atoms with E-state index in [1.54, 1.807) is 4.90 Å². The third-order valence-electron chi connectivity index (χ3n) is 12.5. The Bertz CT molecular complexity index is 2520. The highest BCUT2D eigenvalue weighted by Gasteiger charge is 2.54. The Morgan fingerprint density at radius 1 is 0.939 bits per heavy atom. The maximum atomic E-state index is 14.5. The number of carbonyl (C=O) groups is 3. The van der Waals surface area contributed by atoms with Crippen LogP contribution in [-0.2, 0) is 52.2 Å². The van der Waals surface area contributed by atoms with E-state index in [9.17, 15) is 32.5 Å². The summed E-state index contributed by atoms with van der Waals surface area (Å²) >= 11 is 0. The summed E-state index contributed by atoms with van der Waals surface area (Å²) in [6, 6.07) is 20.3. The van der Waals surface area contributed by atoms with Crippen molar-refractivity contribution in [2.75, 3.05) is 19.9 Å². The van der Waals surface area contributed by atoms with Crippen molar-refractivity contribution < 1.29 is 60.3 Å². The van der Waals surface area contributed by atoms with Crippen LogP contribution in [0, 0.1) is 17.6 Å². The van der Waals surface area contributed by atoms with Crippen molar-refractivity contribution in [3.8, 4) is 5.75 Å². The normalized spacial score (nSPS) is 22.5. The number of ether oxygens (including phenoxy) is 3.